The summed E-state index contributed by atoms with van der Waals surface area (Å²) in [5, 5.41) is 5.35. The number of piperidine rings is 1. The summed E-state index contributed by atoms with van der Waals surface area (Å²) in [5.41, 5.74) is 2.01. The van der Waals surface area contributed by atoms with Crippen molar-refractivity contribution in [1.29, 1.82) is 0 Å². The van der Waals surface area contributed by atoms with Gasteiger partial charge in [0.1, 0.15) is 6.73 Å². The maximum absolute atomic E-state index is 11.5. The predicted molar refractivity (Wildman–Crippen MR) is 81.1 cm³/mol. The molecule has 20 heavy (non-hydrogen) atoms. The molecule has 2 N–H and O–H groups in total. The molecule has 0 bridgehead atoms. The lowest BCUT2D eigenvalue weighted by molar-refractivity contribution is 0.177. The summed E-state index contributed by atoms with van der Waals surface area (Å²) in [7, 11) is 1.54. The van der Waals surface area contributed by atoms with Gasteiger partial charge in [0, 0.05) is 31.6 Å². The van der Waals surface area contributed by atoms with Crippen molar-refractivity contribution in [1.82, 2.24) is 5.32 Å². The van der Waals surface area contributed by atoms with Crippen LogP contribution in [0.25, 0.3) is 0 Å². The molecule has 0 saturated carbocycles. The summed E-state index contributed by atoms with van der Waals surface area (Å²) < 4.78 is 4.78. The van der Waals surface area contributed by atoms with E-state index >= 15 is 0 Å². The number of nitrogens with one attached hydrogen (secondary N) is 2. The zero-order valence-electron chi connectivity index (χ0n) is 12.2. The van der Waals surface area contributed by atoms with Crippen LogP contribution in [-0.2, 0) is 4.74 Å². The molecule has 2 amide bonds. The predicted octanol–water partition coefficient (Wildman–Crippen LogP) is 2.65. The van der Waals surface area contributed by atoms with Gasteiger partial charge in [0.25, 0.3) is 0 Å². The maximum Gasteiger partial charge on any atom is 0.321 e. The minimum absolute atomic E-state index is 0.204. The van der Waals surface area contributed by atoms with Gasteiger partial charge in [-0.05, 0) is 43.0 Å². The monoisotopic (exact) mass is 277 g/mol. The third kappa shape index (κ3) is 4.13. The molecule has 0 spiro atoms. The third-order valence-corrected chi connectivity index (χ3v) is 3.65. The second-order valence-corrected chi connectivity index (χ2v) is 5.28. The average molecular weight is 277 g/mol. The number of benzene rings is 1. The van der Waals surface area contributed by atoms with Crippen molar-refractivity contribution in [2.45, 2.75) is 19.8 Å². The van der Waals surface area contributed by atoms with Crippen molar-refractivity contribution in [3.8, 4) is 0 Å². The van der Waals surface area contributed by atoms with E-state index in [0.29, 0.717) is 0 Å². The molecule has 5 heteroatoms. The van der Waals surface area contributed by atoms with Crippen LogP contribution in [0.5, 0.6) is 0 Å². The highest BCUT2D eigenvalue weighted by Crippen LogP contribution is 2.24. The summed E-state index contributed by atoms with van der Waals surface area (Å²) in [6.07, 6.45) is 2.50. The molecule has 1 aliphatic rings. The number of ether oxygens (including phenoxy) is 1. The lowest BCUT2D eigenvalue weighted by Gasteiger charge is -2.32. The SMILES string of the molecule is COCNC(=O)Nc1ccc(N2CCC(C)CC2)cc1. The highest BCUT2D eigenvalue weighted by Gasteiger charge is 2.15. The van der Waals surface area contributed by atoms with Crippen molar-refractivity contribution in [3.63, 3.8) is 0 Å². The van der Waals surface area contributed by atoms with Gasteiger partial charge in [-0.25, -0.2) is 4.79 Å². The molecule has 5 nitrogen and oxygen atoms in total. The first-order chi connectivity index (χ1) is 9.69. The Labute approximate surface area is 120 Å². The Bertz CT molecular complexity index is 425. The van der Waals surface area contributed by atoms with Gasteiger partial charge in [0.05, 0.1) is 0 Å². The van der Waals surface area contributed by atoms with Crippen LogP contribution in [0.15, 0.2) is 24.3 Å². The van der Waals surface area contributed by atoms with Crippen LogP contribution in [0.4, 0.5) is 16.2 Å². The fraction of sp³-hybridized carbons (Fsp3) is 0.533. The van der Waals surface area contributed by atoms with Crippen molar-refractivity contribution in [2.75, 3.05) is 37.1 Å². The number of carbonyl (C=O) groups is 1. The molecule has 0 aliphatic carbocycles. The maximum atomic E-state index is 11.5. The molecule has 1 aromatic carbocycles. The highest BCUT2D eigenvalue weighted by atomic mass is 16.5. The van der Waals surface area contributed by atoms with Crippen LogP contribution in [0.3, 0.4) is 0 Å². The lowest BCUT2D eigenvalue weighted by atomic mass is 9.99. The Morgan fingerprint density at radius 3 is 2.55 bits per heavy atom. The Kier molecular flexibility index (Phi) is 5.24. The molecule has 1 fully saturated rings. The van der Waals surface area contributed by atoms with E-state index in [1.54, 1.807) is 0 Å². The third-order valence-electron chi connectivity index (χ3n) is 3.65. The van der Waals surface area contributed by atoms with Crippen molar-refractivity contribution in [3.05, 3.63) is 24.3 Å². The van der Waals surface area contributed by atoms with Crippen molar-refractivity contribution < 1.29 is 9.53 Å². The Morgan fingerprint density at radius 1 is 1.30 bits per heavy atom. The fourth-order valence-corrected chi connectivity index (χ4v) is 2.34. The van der Waals surface area contributed by atoms with E-state index in [4.69, 9.17) is 4.74 Å². The molecule has 2 rings (SSSR count). The zero-order valence-corrected chi connectivity index (χ0v) is 12.2. The van der Waals surface area contributed by atoms with E-state index < -0.39 is 0 Å². The Balaban J connectivity index is 1.88. The van der Waals surface area contributed by atoms with E-state index in [2.05, 4.69) is 34.6 Å². The van der Waals surface area contributed by atoms with Gasteiger partial charge in [0.2, 0.25) is 0 Å². The number of hydrogen-bond donors (Lipinski definition) is 2. The smallest absolute Gasteiger partial charge is 0.321 e. The summed E-state index contributed by atoms with van der Waals surface area (Å²) in [5.74, 6) is 0.830. The van der Waals surface area contributed by atoms with Crippen molar-refractivity contribution >= 4 is 17.4 Å². The van der Waals surface area contributed by atoms with E-state index in [-0.39, 0.29) is 12.8 Å². The van der Waals surface area contributed by atoms with E-state index in [0.717, 1.165) is 24.7 Å². The second kappa shape index (κ2) is 7.14. The van der Waals surface area contributed by atoms with Crippen LogP contribution in [0, 0.1) is 5.92 Å². The van der Waals surface area contributed by atoms with Crippen LogP contribution < -0.4 is 15.5 Å². The first-order valence-corrected chi connectivity index (χ1v) is 7.08. The molecule has 0 unspecified atom stereocenters. The number of carbonyl (C=O) groups excluding carboxylic acids is 1. The van der Waals surface area contributed by atoms with Crippen LogP contribution >= 0.6 is 0 Å². The number of amides is 2. The molecule has 1 saturated heterocycles. The fourth-order valence-electron chi connectivity index (χ4n) is 2.34. The summed E-state index contributed by atoms with van der Waals surface area (Å²) in [6.45, 7) is 4.74. The number of anilines is 2. The standard InChI is InChI=1S/C15H23N3O2/c1-12-7-9-18(10-8-12)14-5-3-13(4-6-14)17-15(19)16-11-20-2/h3-6,12H,7-11H2,1-2H3,(H2,16,17,19). The van der Waals surface area contributed by atoms with Gasteiger partial charge < -0.3 is 20.3 Å². The van der Waals surface area contributed by atoms with Gasteiger partial charge in [-0.2, -0.15) is 0 Å². The highest BCUT2D eigenvalue weighted by molar-refractivity contribution is 5.89. The number of hydrogen-bond acceptors (Lipinski definition) is 3. The second-order valence-electron chi connectivity index (χ2n) is 5.28. The molecule has 1 aliphatic heterocycles. The Morgan fingerprint density at radius 2 is 1.95 bits per heavy atom. The molecule has 1 aromatic rings. The van der Waals surface area contributed by atoms with Crippen LogP contribution in [0.2, 0.25) is 0 Å². The number of urea groups is 1. The number of methoxy groups -OCH3 is 1. The molecular weight excluding hydrogens is 254 g/mol. The minimum atomic E-state index is -0.258. The van der Waals surface area contributed by atoms with Gasteiger partial charge in [-0.15, -0.1) is 0 Å². The minimum Gasteiger partial charge on any atom is -0.372 e. The summed E-state index contributed by atoms with van der Waals surface area (Å²) in [4.78, 5) is 13.9. The van der Waals surface area contributed by atoms with Crippen LogP contribution in [0.1, 0.15) is 19.8 Å². The van der Waals surface area contributed by atoms with E-state index in [9.17, 15) is 4.79 Å². The van der Waals surface area contributed by atoms with Crippen molar-refractivity contribution in [2.24, 2.45) is 5.92 Å². The molecule has 110 valence electrons. The van der Waals surface area contributed by atoms with E-state index in [1.165, 1.54) is 25.6 Å². The average Bonchev–Trinajstić information content (AvgIpc) is 2.47. The number of rotatable bonds is 4. The largest absolute Gasteiger partial charge is 0.372 e. The molecule has 0 aromatic heterocycles. The van der Waals surface area contributed by atoms with Gasteiger partial charge >= 0.3 is 6.03 Å². The van der Waals surface area contributed by atoms with Gasteiger partial charge in [0.15, 0.2) is 0 Å². The molecule has 0 atom stereocenters. The topological polar surface area (TPSA) is 53.6 Å². The molecular formula is C15H23N3O2. The van der Waals surface area contributed by atoms with Crippen LogP contribution in [-0.4, -0.2) is 33.0 Å². The molecule has 0 radical (unpaired) electrons. The number of nitrogens with zero attached hydrogens (tertiary/aromatic N) is 1. The first-order valence-electron chi connectivity index (χ1n) is 7.08. The quantitative estimate of drug-likeness (QED) is 0.832. The summed E-state index contributed by atoms with van der Waals surface area (Å²) >= 11 is 0. The van der Waals surface area contributed by atoms with E-state index in [1.807, 2.05) is 12.1 Å². The first kappa shape index (κ1) is 14.7. The zero-order chi connectivity index (χ0) is 14.4. The lowest BCUT2D eigenvalue weighted by Crippen LogP contribution is -2.32. The van der Waals surface area contributed by atoms with Gasteiger partial charge in [-0.1, -0.05) is 6.92 Å². The summed E-state index contributed by atoms with van der Waals surface area (Å²) in [6, 6.07) is 7.72. The molecule has 1 heterocycles. The normalized spacial score (nSPS) is 16.0. The van der Waals surface area contributed by atoms with Gasteiger partial charge in [-0.3, -0.25) is 0 Å². The Hall–Kier alpha value is -1.75.